The highest BCUT2D eigenvalue weighted by Gasteiger charge is 2.20. The van der Waals surface area contributed by atoms with Crippen LogP contribution in [-0.4, -0.2) is 4.57 Å². The van der Waals surface area contributed by atoms with Gasteiger partial charge in [-0.15, -0.1) is 22.7 Å². The molecule has 4 heteroatoms. The highest BCUT2D eigenvalue weighted by Crippen LogP contribution is 2.47. The number of rotatable bonds is 6. The lowest BCUT2D eigenvalue weighted by Crippen LogP contribution is -2.10. The molecule has 12 aromatic rings. The van der Waals surface area contributed by atoms with Gasteiger partial charge in [0, 0.05) is 68.1 Å². The molecule has 2 nitrogen and oxygen atoms in total. The van der Waals surface area contributed by atoms with E-state index in [1.165, 1.54) is 95.8 Å². The summed E-state index contributed by atoms with van der Waals surface area (Å²) in [7, 11) is 0. The fourth-order valence-corrected chi connectivity index (χ4v) is 11.2. The molecule has 0 bridgehead atoms. The molecule has 0 fully saturated rings. The van der Waals surface area contributed by atoms with Crippen molar-refractivity contribution in [1.29, 1.82) is 0 Å². The van der Waals surface area contributed by atoms with Crippen LogP contribution in [0.15, 0.2) is 206 Å². The molecule has 272 valence electrons. The minimum absolute atomic E-state index is 1.13. The van der Waals surface area contributed by atoms with Crippen LogP contribution in [-0.2, 0) is 0 Å². The molecule has 0 saturated carbocycles. The third-order valence-corrected chi connectivity index (χ3v) is 13.9. The molecular formula is C54H34N2S2. The largest absolute Gasteiger partial charge is 0.310 e. The molecule has 3 aromatic heterocycles. The zero-order chi connectivity index (χ0) is 38.2. The van der Waals surface area contributed by atoms with Gasteiger partial charge in [-0.05, 0) is 89.5 Å². The second kappa shape index (κ2) is 13.3. The van der Waals surface area contributed by atoms with Gasteiger partial charge in [0.1, 0.15) is 0 Å². The van der Waals surface area contributed by atoms with Gasteiger partial charge in [0.2, 0.25) is 0 Å². The van der Waals surface area contributed by atoms with Gasteiger partial charge in [-0.1, -0.05) is 133 Å². The van der Waals surface area contributed by atoms with E-state index in [1.54, 1.807) is 0 Å². The summed E-state index contributed by atoms with van der Waals surface area (Å²) < 4.78 is 7.64. The van der Waals surface area contributed by atoms with Crippen LogP contribution < -0.4 is 4.90 Å². The summed E-state index contributed by atoms with van der Waals surface area (Å²) in [6.45, 7) is 0. The lowest BCUT2D eigenvalue weighted by atomic mass is 9.98. The number of hydrogen-bond donors (Lipinski definition) is 0. The van der Waals surface area contributed by atoms with Crippen LogP contribution in [0.5, 0.6) is 0 Å². The van der Waals surface area contributed by atoms with Crippen molar-refractivity contribution in [3.8, 4) is 27.9 Å². The molecule has 0 radical (unpaired) electrons. The van der Waals surface area contributed by atoms with Crippen LogP contribution in [0.25, 0.3) is 90.1 Å². The summed E-state index contributed by atoms with van der Waals surface area (Å²) in [5.74, 6) is 0. The van der Waals surface area contributed by atoms with E-state index >= 15 is 0 Å². The smallest absolute Gasteiger partial charge is 0.0554 e. The lowest BCUT2D eigenvalue weighted by Gasteiger charge is -2.27. The van der Waals surface area contributed by atoms with E-state index in [1.807, 2.05) is 22.7 Å². The number of anilines is 3. The summed E-state index contributed by atoms with van der Waals surface area (Å²) in [4.78, 5) is 2.45. The molecule has 0 N–H and O–H groups in total. The lowest BCUT2D eigenvalue weighted by molar-refractivity contribution is 1.18. The molecule has 0 atom stereocenters. The van der Waals surface area contributed by atoms with Crippen LogP contribution in [0.1, 0.15) is 0 Å². The second-order valence-electron chi connectivity index (χ2n) is 14.9. The first-order valence-electron chi connectivity index (χ1n) is 19.7. The van der Waals surface area contributed by atoms with Crippen molar-refractivity contribution in [3.63, 3.8) is 0 Å². The van der Waals surface area contributed by atoms with E-state index in [0.29, 0.717) is 0 Å². The molecule has 0 aliphatic rings. The fourth-order valence-electron chi connectivity index (χ4n) is 8.96. The van der Waals surface area contributed by atoms with E-state index in [4.69, 9.17) is 0 Å². The highest BCUT2D eigenvalue weighted by molar-refractivity contribution is 7.26. The Labute approximate surface area is 343 Å². The standard InChI is InChI=1S/C54H34N2S2/c1-6-17-46(56-47-18-7-2-13-41(47)42-14-3-8-19-48(42)56)40(12-1)37-26-24-35(25-27-37)36-28-30-38(31-29-36)55(39-32-33-52-45(34-39)43-15-4-9-21-50(43)57-52)49-20-11-23-53-54(49)44-16-5-10-22-51(44)58-53/h1-34H. The van der Waals surface area contributed by atoms with Crippen molar-refractivity contribution in [2.45, 2.75) is 0 Å². The number of benzene rings is 9. The summed E-state index contributed by atoms with van der Waals surface area (Å²) in [6.07, 6.45) is 0. The molecule has 3 heterocycles. The first kappa shape index (κ1) is 33.2. The Morgan fingerprint density at radius 3 is 1.60 bits per heavy atom. The maximum atomic E-state index is 2.45. The Hall–Kier alpha value is -6.98. The van der Waals surface area contributed by atoms with E-state index in [2.05, 4.69) is 216 Å². The maximum Gasteiger partial charge on any atom is 0.0554 e. The third kappa shape index (κ3) is 5.23. The molecule has 0 saturated heterocycles. The summed E-state index contributed by atoms with van der Waals surface area (Å²) >= 11 is 3.72. The Balaban J connectivity index is 0.950. The topological polar surface area (TPSA) is 8.17 Å². The SMILES string of the molecule is c1ccc(-n2c3ccccc3c3ccccc32)c(-c2ccc(-c3ccc(N(c4ccc5sc6ccccc6c5c4)c4cccc5sc6ccccc6c45)cc3)cc2)c1. The van der Waals surface area contributed by atoms with Gasteiger partial charge in [0.05, 0.1) is 22.4 Å². The zero-order valence-electron chi connectivity index (χ0n) is 31.3. The van der Waals surface area contributed by atoms with Crippen LogP contribution in [0, 0.1) is 0 Å². The molecule has 0 amide bonds. The summed E-state index contributed by atoms with van der Waals surface area (Å²) in [5, 5.41) is 7.72. The van der Waals surface area contributed by atoms with Gasteiger partial charge in [0.25, 0.3) is 0 Å². The molecule has 0 unspecified atom stereocenters. The van der Waals surface area contributed by atoms with Crippen molar-refractivity contribution in [3.05, 3.63) is 206 Å². The first-order valence-corrected chi connectivity index (χ1v) is 21.3. The van der Waals surface area contributed by atoms with Crippen molar-refractivity contribution < 1.29 is 0 Å². The van der Waals surface area contributed by atoms with E-state index in [0.717, 1.165) is 11.4 Å². The van der Waals surface area contributed by atoms with Gasteiger partial charge in [-0.3, -0.25) is 0 Å². The second-order valence-corrected chi connectivity index (χ2v) is 17.0. The zero-order valence-corrected chi connectivity index (χ0v) is 33.0. The molecule has 0 spiro atoms. The van der Waals surface area contributed by atoms with E-state index < -0.39 is 0 Å². The summed E-state index contributed by atoms with van der Waals surface area (Å²) in [6, 6.07) is 75.6. The number of hydrogen-bond acceptors (Lipinski definition) is 3. The molecule has 58 heavy (non-hydrogen) atoms. The number of aromatic nitrogens is 1. The average molecular weight is 775 g/mol. The van der Waals surface area contributed by atoms with Gasteiger partial charge in [0.15, 0.2) is 0 Å². The number of fused-ring (bicyclic) bond motifs is 9. The van der Waals surface area contributed by atoms with Crippen molar-refractivity contribution >= 4 is 102 Å². The van der Waals surface area contributed by atoms with Gasteiger partial charge in [-0.2, -0.15) is 0 Å². The highest BCUT2D eigenvalue weighted by atomic mass is 32.1. The van der Waals surface area contributed by atoms with Crippen LogP contribution in [0.3, 0.4) is 0 Å². The number of thiophene rings is 2. The minimum Gasteiger partial charge on any atom is -0.310 e. The van der Waals surface area contributed by atoms with Crippen molar-refractivity contribution in [1.82, 2.24) is 4.57 Å². The third-order valence-electron chi connectivity index (χ3n) is 11.6. The predicted octanol–water partition coefficient (Wildman–Crippen LogP) is 16.3. The van der Waals surface area contributed by atoms with Gasteiger partial charge < -0.3 is 9.47 Å². The van der Waals surface area contributed by atoms with Crippen molar-refractivity contribution in [2.24, 2.45) is 0 Å². The normalized spacial score (nSPS) is 11.8. The Bertz CT molecular complexity index is 3460. The molecule has 12 rings (SSSR count). The monoisotopic (exact) mass is 774 g/mol. The quantitative estimate of drug-likeness (QED) is 0.163. The van der Waals surface area contributed by atoms with Gasteiger partial charge >= 0.3 is 0 Å². The van der Waals surface area contributed by atoms with E-state index in [9.17, 15) is 0 Å². The minimum atomic E-state index is 1.13. The number of nitrogens with zero attached hydrogens (tertiary/aromatic N) is 2. The van der Waals surface area contributed by atoms with Crippen LogP contribution in [0.4, 0.5) is 17.1 Å². The first-order chi connectivity index (χ1) is 28.8. The van der Waals surface area contributed by atoms with Crippen molar-refractivity contribution in [2.75, 3.05) is 4.90 Å². The van der Waals surface area contributed by atoms with E-state index in [-0.39, 0.29) is 0 Å². The molecule has 9 aromatic carbocycles. The molecule has 0 aliphatic heterocycles. The molecule has 0 aliphatic carbocycles. The summed E-state index contributed by atoms with van der Waals surface area (Å²) in [5.41, 5.74) is 11.8. The Morgan fingerprint density at radius 1 is 0.345 bits per heavy atom. The maximum absolute atomic E-state index is 2.45. The van der Waals surface area contributed by atoms with Crippen LogP contribution in [0.2, 0.25) is 0 Å². The Kier molecular flexibility index (Phi) is 7.62. The molecular weight excluding hydrogens is 741 g/mol. The van der Waals surface area contributed by atoms with Crippen LogP contribution >= 0.6 is 22.7 Å². The fraction of sp³-hybridized carbons (Fsp3) is 0. The van der Waals surface area contributed by atoms with Gasteiger partial charge in [-0.25, -0.2) is 0 Å². The predicted molar refractivity (Wildman–Crippen MR) is 252 cm³/mol. The number of para-hydroxylation sites is 3. The average Bonchev–Trinajstić information content (AvgIpc) is 3.97. The Morgan fingerprint density at radius 2 is 0.862 bits per heavy atom.